The molecular formula is C16H20ClN3O3. The number of rotatable bonds is 5. The van der Waals surface area contributed by atoms with Crippen LogP contribution >= 0.6 is 11.6 Å². The molecule has 1 aromatic heterocycles. The first-order chi connectivity index (χ1) is 11.0. The monoisotopic (exact) mass is 337 g/mol. The minimum absolute atomic E-state index is 0.0889. The van der Waals surface area contributed by atoms with Crippen LogP contribution in [0.1, 0.15) is 30.2 Å². The molecule has 2 atom stereocenters. The van der Waals surface area contributed by atoms with Crippen LogP contribution in [0, 0.1) is 0 Å². The quantitative estimate of drug-likeness (QED) is 0.875. The lowest BCUT2D eigenvalue weighted by Crippen LogP contribution is -2.24. The molecule has 0 radical (unpaired) electrons. The smallest absolute Gasteiger partial charge is 0.179 e. The number of ether oxygens (including phenoxy) is 2. The Labute approximate surface area is 140 Å². The molecule has 0 saturated carbocycles. The average Bonchev–Trinajstić information content (AvgIpc) is 2.99. The van der Waals surface area contributed by atoms with Crippen LogP contribution in [-0.2, 0) is 7.05 Å². The number of aromatic nitrogens is 2. The summed E-state index contributed by atoms with van der Waals surface area (Å²) in [6, 6.07) is 3.59. The molecule has 23 heavy (non-hydrogen) atoms. The van der Waals surface area contributed by atoms with Crippen molar-refractivity contribution in [2.45, 2.75) is 19.1 Å². The summed E-state index contributed by atoms with van der Waals surface area (Å²) in [6.07, 6.45) is 3.07. The van der Waals surface area contributed by atoms with Crippen LogP contribution in [-0.4, -0.2) is 34.6 Å². The lowest BCUT2D eigenvalue weighted by Gasteiger charge is -2.22. The Morgan fingerprint density at radius 1 is 1.35 bits per heavy atom. The van der Waals surface area contributed by atoms with Gasteiger partial charge in [0.1, 0.15) is 13.2 Å². The highest BCUT2D eigenvalue weighted by molar-refractivity contribution is 6.32. The molecule has 124 valence electrons. The highest BCUT2D eigenvalue weighted by atomic mass is 35.5. The van der Waals surface area contributed by atoms with Gasteiger partial charge in [0.15, 0.2) is 11.5 Å². The Balaban J connectivity index is 1.66. The number of aryl methyl sites for hydroxylation is 1. The molecule has 1 aliphatic rings. The molecule has 1 aromatic carbocycles. The summed E-state index contributed by atoms with van der Waals surface area (Å²) < 4.78 is 12.8. The predicted octanol–water partition coefficient (Wildman–Crippen LogP) is 2.23. The SMILES string of the molecule is CC(NCC(O)c1cc(Cl)c2c(c1)OCCO2)c1cnn(C)c1. The maximum Gasteiger partial charge on any atom is 0.179 e. The molecule has 2 N–H and O–H groups in total. The van der Waals surface area contributed by atoms with E-state index < -0.39 is 6.10 Å². The number of hydrogen-bond donors (Lipinski definition) is 2. The van der Waals surface area contributed by atoms with Gasteiger partial charge in [0.2, 0.25) is 0 Å². The maximum atomic E-state index is 10.4. The van der Waals surface area contributed by atoms with Crippen molar-refractivity contribution < 1.29 is 14.6 Å². The van der Waals surface area contributed by atoms with E-state index in [0.717, 1.165) is 5.56 Å². The molecule has 0 amide bonds. The Morgan fingerprint density at radius 3 is 2.87 bits per heavy atom. The van der Waals surface area contributed by atoms with Gasteiger partial charge in [-0.2, -0.15) is 5.10 Å². The maximum absolute atomic E-state index is 10.4. The van der Waals surface area contributed by atoms with Gasteiger partial charge in [-0.25, -0.2) is 0 Å². The lowest BCUT2D eigenvalue weighted by atomic mass is 10.1. The fraction of sp³-hybridized carbons (Fsp3) is 0.438. The summed E-state index contributed by atoms with van der Waals surface area (Å²) >= 11 is 6.21. The van der Waals surface area contributed by atoms with Crippen molar-refractivity contribution in [3.8, 4) is 11.5 Å². The molecule has 3 rings (SSSR count). The Kier molecular flexibility index (Phi) is 4.75. The van der Waals surface area contributed by atoms with Crippen molar-refractivity contribution in [3.63, 3.8) is 0 Å². The summed E-state index contributed by atoms with van der Waals surface area (Å²) in [7, 11) is 1.88. The standard InChI is InChI=1S/C16H20ClN3O3/c1-10(12-7-19-20(2)9-12)18-8-14(21)11-5-13(17)16-15(6-11)22-3-4-23-16/h5-7,9-10,14,18,21H,3-4,8H2,1-2H3. The summed E-state index contributed by atoms with van der Waals surface area (Å²) in [5.74, 6) is 1.13. The van der Waals surface area contributed by atoms with Crippen molar-refractivity contribution in [1.29, 1.82) is 0 Å². The Morgan fingerprint density at radius 2 is 2.13 bits per heavy atom. The van der Waals surface area contributed by atoms with E-state index in [9.17, 15) is 5.11 Å². The van der Waals surface area contributed by atoms with Crippen LogP contribution in [0.25, 0.3) is 0 Å². The van der Waals surface area contributed by atoms with Gasteiger partial charge in [-0.3, -0.25) is 4.68 Å². The summed E-state index contributed by atoms with van der Waals surface area (Å²) in [5, 5.41) is 18.3. The zero-order valence-electron chi connectivity index (χ0n) is 13.1. The van der Waals surface area contributed by atoms with E-state index in [-0.39, 0.29) is 6.04 Å². The molecule has 0 saturated heterocycles. The second-order valence-electron chi connectivity index (χ2n) is 5.62. The van der Waals surface area contributed by atoms with Crippen LogP contribution in [0.3, 0.4) is 0 Å². The number of halogens is 1. The largest absolute Gasteiger partial charge is 0.486 e. The lowest BCUT2D eigenvalue weighted by molar-refractivity contribution is 0.161. The average molecular weight is 338 g/mol. The molecule has 0 aliphatic carbocycles. The molecular weight excluding hydrogens is 318 g/mol. The van der Waals surface area contributed by atoms with Gasteiger partial charge in [-0.15, -0.1) is 0 Å². The topological polar surface area (TPSA) is 68.5 Å². The Hall–Kier alpha value is -1.76. The minimum atomic E-state index is -0.692. The van der Waals surface area contributed by atoms with E-state index in [1.54, 1.807) is 16.8 Å². The summed E-state index contributed by atoms with van der Waals surface area (Å²) in [5.41, 5.74) is 1.77. The first-order valence-corrected chi connectivity index (χ1v) is 7.91. The third-order valence-corrected chi connectivity index (χ3v) is 4.13. The third-order valence-electron chi connectivity index (χ3n) is 3.85. The number of nitrogens with zero attached hydrogens (tertiary/aromatic N) is 2. The molecule has 6 nitrogen and oxygen atoms in total. The van der Waals surface area contributed by atoms with Crippen LogP contribution in [0.2, 0.25) is 5.02 Å². The number of fused-ring (bicyclic) bond motifs is 1. The van der Waals surface area contributed by atoms with Gasteiger partial charge in [-0.05, 0) is 24.6 Å². The van der Waals surface area contributed by atoms with Crippen molar-refractivity contribution in [2.75, 3.05) is 19.8 Å². The van der Waals surface area contributed by atoms with Gasteiger partial charge in [-0.1, -0.05) is 11.6 Å². The Bertz CT molecular complexity index is 689. The van der Waals surface area contributed by atoms with E-state index >= 15 is 0 Å². The van der Waals surface area contributed by atoms with Crippen LogP contribution in [0.15, 0.2) is 24.5 Å². The molecule has 1 aliphatic heterocycles. The second kappa shape index (κ2) is 6.78. The van der Waals surface area contributed by atoms with Gasteiger partial charge in [0.25, 0.3) is 0 Å². The first kappa shape index (κ1) is 16.1. The van der Waals surface area contributed by atoms with Gasteiger partial charge >= 0.3 is 0 Å². The van der Waals surface area contributed by atoms with Crippen LogP contribution in [0.5, 0.6) is 11.5 Å². The molecule has 2 heterocycles. The zero-order valence-corrected chi connectivity index (χ0v) is 13.9. The fourth-order valence-electron chi connectivity index (χ4n) is 2.51. The fourth-order valence-corrected chi connectivity index (χ4v) is 2.78. The number of aliphatic hydroxyl groups excluding tert-OH is 1. The third kappa shape index (κ3) is 3.60. The zero-order chi connectivity index (χ0) is 16.4. The molecule has 7 heteroatoms. The predicted molar refractivity (Wildman–Crippen MR) is 87.0 cm³/mol. The highest BCUT2D eigenvalue weighted by Crippen LogP contribution is 2.39. The molecule has 0 spiro atoms. The van der Waals surface area contributed by atoms with Gasteiger partial charge in [0, 0.05) is 31.4 Å². The van der Waals surface area contributed by atoms with Crippen molar-refractivity contribution >= 4 is 11.6 Å². The van der Waals surface area contributed by atoms with E-state index in [0.29, 0.717) is 41.8 Å². The first-order valence-electron chi connectivity index (χ1n) is 7.53. The summed E-state index contributed by atoms with van der Waals surface area (Å²) in [6.45, 7) is 3.39. The molecule has 2 aromatic rings. The molecule has 2 unspecified atom stereocenters. The van der Waals surface area contributed by atoms with Crippen molar-refractivity contribution in [3.05, 3.63) is 40.7 Å². The molecule has 0 fully saturated rings. The van der Waals surface area contributed by atoms with Crippen molar-refractivity contribution in [2.24, 2.45) is 7.05 Å². The van der Waals surface area contributed by atoms with E-state index in [1.807, 2.05) is 26.4 Å². The number of hydrogen-bond acceptors (Lipinski definition) is 5. The number of benzene rings is 1. The minimum Gasteiger partial charge on any atom is -0.486 e. The van der Waals surface area contributed by atoms with E-state index in [1.165, 1.54) is 0 Å². The van der Waals surface area contributed by atoms with Crippen LogP contribution < -0.4 is 14.8 Å². The van der Waals surface area contributed by atoms with Crippen LogP contribution in [0.4, 0.5) is 0 Å². The van der Waals surface area contributed by atoms with Crippen molar-refractivity contribution in [1.82, 2.24) is 15.1 Å². The highest BCUT2D eigenvalue weighted by Gasteiger charge is 2.20. The normalized spacial score (nSPS) is 16.2. The van der Waals surface area contributed by atoms with Gasteiger partial charge in [0.05, 0.1) is 17.3 Å². The number of aliphatic hydroxyl groups is 1. The summed E-state index contributed by atoms with van der Waals surface area (Å²) in [4.78, 5) is 0. The van der Waals surface area contributed by atoms with E-state index in [2.05, 4.69) is 10.4 Å². The van der Waals surface area contributed by atoms with Gasteiger partial charge < -0.3 is 19.9 Å². The molecule has 0 bridgehead atoms. The van der Waals surface area contributed by atoms with E-state index in [4.69, 9.17) is 21.1 Å². The second-order valence-corrected chi connectivity index (χ2v) is 6.03. The number of nitrogens with one attached hydrogen (secondary N) is 1.